The van der Waals surface area contributed by atoms with Gasteiger partial charge < -0.3 is 23.5 Å². The van der Waals surface area contributed by atoms with Gasteiger partial charge in [0.05, 0.1) is 19.7 Å². The van der Waals surface area contributed by atoms with Crippen molar-refractivity contribution in [2.75, 3.05) is 7.11 Å². The van der Waals surface area contributed by atoms with Crippen molar-refractivity contribution in [1.29, 1.82) is 0 Å². The average molecular weight is 411 g/mol. The molecule has 0 aliphatic carbocycles. The summed E-state index contributed by atoms with van der Waals surface area (Å²) < 4.78 is 26.8. The molecule has 1 saturated heterocycles. The van der Waals surface area contributed by atoms with E-state index < -0.39 is 17.9 Å². The lowest BCUT2D eigenvalue weighted by Crippen LogP contribution is -2.22. The average Bonchev–Trinajstić information content (AvgIpc) is 3.30. The van der Waals surface area contributed by atoms with Gasteiger partial charge in [0.25, 0.3) is 0 Å². The third kappa shape index (κ3) is 4.57. The molecule has 1 aliphatic rings. The van der Waals surface area contributed by atoms with Crippen molar-refractivity contribution in [2.24, 2.45) is 0 Å². The van der Waals surface area contributed by atoms with E-state index in [9.17, 15) is 4.79 Å². The maximum absolute atomic E-state index is 11.8. The van der Waals surface area contributed by atoms with Crippen molar-refractivity contribution >= 4 is 5.97 Å². The zero-order chi connectivity index (χ0) is 21.1. The molecule has 0 saturated carbocycles. The topological polar surface area (TPSA) is 106 Å². The van der Waals surface area contributed by atoms with E-state index in [1.807, 2.05) is 24.3 Å². The highest BCUT2D eigenvalue weighted by molar-refractivity contribution is 5.76. The molecule has 1 fully saturated rings. The number of hydrogen-bond acceptors (Lipinski definition) is 9. The molecule has 4 rings (SSSR count). The molecule has 2 aromatic heterocycles. The Bertz CT molecular complexity index is 1010. The number of esters is 1. The van der Waals surface area contributed by atoms with Crippen LogP contribution in [0.15, 0.2) is 47.1 Å². The van der Waals surface area contributed by atoms with E-state index in [0.29, 0.717) is 23.9 Å². The maximum atomic E-state index is 11.8. The summed E-state index contributed by atoms with van der Waals surface area (Å²) >= 11 is 0. The highest BCUT2D eigenvalue weighted by Crippen LogP contribution is 2.26. The molecule has 9 heteroatoms. The normalized spacial score (nSPS) is 17.6. The van der Waals surface area contributed by atoms with Crippen molar-refractivity contribution in [3.05, 3.63) is 54.0 Å². The first kappa shape index (κ1) is 19.8. The third-order valence-electron chi connectivity index (χ3n) is 4.39. The van der Waals surface area contributed by atoms with E-state index >= 15 is 0 Å². The van der Waals surface area contributed by atoms with Crippen LogP contribution in [0.1, 0.15) is 25.3 Å². The van der Waals surface area contributed by atoms with Gasteiger partial charge in [-0.05, 0) is 29.8 Å². The molecule has 0 radical (unpaired) electrons. The fourth-order valence-corrected chi connectivity index (χ4v) is 2.93. The number of methoxy groups -OCH3 is 1. The van der Waals surface area contributed by atoms with Gasteiger partial charge in [-0.25, -0.2) is 9.78 Å². The minimum Gasteiger partial charge on any atom is -0.497 e. The summed E-state index contributed by atoms with van der Waals surface area (Å²) in [7, 11) is 1.63. The van der Waals surface area contributed by atoms with Crippen molar-refractivity contribution in [1.82, 2.24) is 15.1 Å². The van der Waals surface area contributed by atoms with Crippen LogP contribution >= 0.6 is 0 Å². The molecule has 1 aromatic carbocycles. The summed E-state index contributed by atoms with van der Waals surface area (Å²) in [4.78, 5) is 20.4. The van der Waals surface area contributed by atoms with Crippen molar-refractivity contribution in [2.45, 2.75) is 38.8 Å². The van der Waals surface area contributed by atoms with Crippen LogP contribution in [0, 0.1) is 0 Å². The molecular weight excluding hydrogens is 390 g/mol. The second kappa shape index (κ2) is 8.11. The number of rotatable bonds is 7. The Hall–Kier alpha value is -3.46. The van der Waals surface area contributed by atoms with Gasteiger partial charge in [-0.3, -0.25) is 0 Å². The molecule has 3 heterocycles. The van der Waals surface area contributed by atoms with Crippen LogP contribution in [0.2, 0.25) is 0 Å². The number of benzene rings is 1. The van der Waals surface area contributed by atoms with Crippen molar-refractivity contribution < 1.29 is 28.3 Å². The zero-order valence-corrected chi connectivity index (χ0v) is 16.8. The van der Waals surface area contributed by atoms with Crippen molar-refractivity contribution in [3.63, 3.8) is 0 Å². The SMILES string of the molecule is COc1ccc(COc2ccc(-c3noc(CC4OC(C)(C)OC4=O)n3)nc2)cc1. The van der Waals surface area contributed by atoms with Gasteiger partial charge in [-0.15, -0.1) is 0 Å². The summed E-state index contributed by atoms with van der Waals surface area (Å²) in [6.45, 7) is 3.75. The number of pyridine rings is 1. The van der Waals surface area contributed by atoms with Crippen LogP contribution in [-0.4, -0.2) is 40.1 Å². The van der Waals surface area contributed by atoms with Gasteiger partial charge >= 0.3 is 5.97 Å². The fourth-order valence-electron chi connectivity index (χ4n) is 2.93. The first-order chi connectivity index (χ1) is 14.4. The Kier molecular flexibility index (Phi) is 5.37. The highest BCUT2D eigenvalue weighted by atomic mass is 16.8. The molecule has 0 N–H and O–H groups in total. The number of carbonyl (C=O) groups is 1. The number of hydrogen-bond donors (Lipinski definition) is 0. The molecule has 0 spiro atoms. The van der Waals surface area contributed by atoms with E-state index in [1.165, 1.54) is 0 Å². The number of aromatic nitrogens is 3. The lowest BCUT2D eigenvalue weighted by atomic mass is 10.2. The number of nitrogens with zero attached hydrogens (tertiary/aromatic N) is 3. The lowest BCUT2D eigenvalue weighted by molar-refractivity contribution is -0.160. The fraction of sp³-hybridized carbons (Fsp3) is 0.333. The van der Waals surface area contributed by atoms with E-state index in [4.69, 9.17) is 23.5 Å². The van der Waals surface area contributed by atoms with E-state index in [0.717, 1.165) is 11.3 Å². The monoisotopic (exact) mass is 411 g/mol. The zero-order valence-electron chi connectivity index (χ0n) is 16.8. The van der Waals surface area contributed by atoms with Gasteiger partial charge in [-0.2, -0.15) is 4.98 Å². The van der Waals surface area contributed by atoms with Crippen LogP contribution in [0.3, 0.4) is 0 Å². The molecule has 30 heavy (non-hydrogen) atoms. The Morgan fingerprint density at radius 1 is 1.10 bits per heavy atom. The Morgan fingerprint density at radius 2 is 1.87 bits per heavy atom. The molecule has 9 nitrogen and oxygen atoms in total. The summed E-state index contributed by atoms with van der Waals surface area (Å²) in [5.74, 6) is 0.597. The Labute approximate surface area is 172 Å². The summed E-state index contributed by atoms with van der Waals surface area (Å²) in [6, 6.07) is 11.2. The van der Waals surface area contributed by atoms with Crippen molar-refractivity contribution in [3.8, 4) is 23.0 Å². The van der Waals surface area contributed by atoms with Crippen LogP contribution in [0.4, 0.5) is 0 Å². The first-order valence-corrected chi connectivity index (χ1v) is 9.37. The molecule has 1 unspecified atom stereocenters. The molecule has 1 aliphatic heterocycles. The standard InChI is InChI=1S/C21H21N3O6/c1-21(2)28-17(20(25)29-21)10-18-23-19(24-30-18)16-9-8-15(11-22-16)27-12-13-4-6-14(26-3)7-5-13/h4-9,11,17H,10,12H2,1-3H3. The molecule has 1 atom stereocenters. The third-order valence-corrected chi connectivity index (χ3v) is 4.39. The molecule has 0 amide bonds. The molecular formula is C21H21N3O6. The van der Waals surface area contributed by atoms with Gasteiger partial charge in [0.15, 0.2) is 6.10 Å². The van der Waals surface area contributed by atoms with E-state index in [1.54, 1.807) is 39.3 Å². The second-order valence-electron chi connectivity index (χ2n) is 7.16. The minimum atomic E-state index is -0.951. The van der Waals surface area contributed by atoms with Gasteiger partial charge in [-0.1, -0.05) is 17.3 Å². The number of cyclic esters (lactones) is 1. The van der Waals surface area contributed by atoms with Gasteiger partial charge in [0.2, 0.25) is 17.5 Å². The number of carbonyl (C=O) groups excluding carboxylic acids is 1. The molecule has 0 bridgehead atoms. The smallest absolute Gasteiger partial charge is 0.338 e. The van der Waals surface area contributed by atoms with Crippen LogP contribution in [0.25, 0.3) is 11.5 Å². The second-order valence-corrected chi connectivity index (χ2v) is 7.16. The van der Waals surface area contributed by atoms with E-state index in [-0.39, 0.29) is 12.3 Å². The molecule has 3 aromatic rings. The molecule has 156 valence electrons. The summed E-state index contributed by atoms with van der Waals surface area (Å²) in [5, 5.41) is 3.92. The summed E-state index contributed by atoms with van der Waals surface area (Å²) in [5.41, 5.74) is 1.54. The van der Waals surface area contributed by atoms with Gasteiger partial charge in [0.1, 0.15) is 23.8 Å². The minimum absolute atomic E-state index is 0.137. The Balaban J connectivity index is 1.35. The predicted octanol–water partition coefficient (Wildman–Crippen LogP) is 2.94. The predicted molar refractivity (Wildman–Crippen MR) is 104 cm³/mol. The number of ether oxygens (including phenoxy) is 4. The van der Waals surface area contributed by atoms with Crippen LogP contribution in [0.5, 0.6) is 11.5 Å². The summed E-state index contributed by atoms with van der Waals surface area (Å²) in [6.07, 6.45) is 0.961. The largest absolute Gasteiger partial charge is 0.497 e. The van der Waals surface area contributed by atoms with Crippen LogP contribution in [-0.2, 0) is 27.3 Å². The quantitative estimate of drug-likeness (QED) is 0.542. The Morgan fingerprint density at radius 3 is 2.50 bits per heavy atom. The lowest BCUT2D eigenvalue weighted by Gasteiger charge is -2.14. The van der Waals surface area contributed by atoms with E-state index in [2.05, 4.69) is 15.1 Å². The van der Waals surface area contributed by atoms with Crippen LogP contribution < -0.4 is 9.47 Å². The maximum Gasteiger partial charge on any atom is 0.338 e. The first-order valence-electron chi connectivity index (χ1n) is 9.37. The van der Waals surface area contributed by atoms with Gasteiger partial charge in [0, 0.05) is 13.8 Å². The highest BCUT2D eigenvalue weighted by Gasteiger charge is 2.41.